The maximum Gasteiger partial charge on any atom is 0.0615 e. The maximum atomic E-state index is 4.53. The molecule has 28 heavy (non-hydrogen) atoms. The normalized spacial score (nSPS) is 28.1. The van der Waals surface area contributed by atoms with Crippen molar-refractivity contribution in [2.24, 2.45) is 0 Å². The Balaban J connectivity index is 1.53. The predicted molar refractivity (Wildman–Crippen MR) is 131 cm³/mol. The van der Waals surface area contributed by atoms with Gasteiger partial charge in [-0.15, -0.1) is 48.8 Å². The molecule has 0 amide bonds. The summed E-state index contributed by atoms with van der Waals surface area (Å²) in [7, 11) is 0. The molecule has 0 saturated heterocycles. The van der Waals surface area contributed by atoms with Gasteiger partial charge in [-0.2, -0.15) is 0 Å². The van der Waals surface area contributed by atoms with Crippen molar-refractivity contribution in [3.05, 3.63) is 95.1 Å². The molecule has 2 unspecified atom stereocenters. The van der Waals surface area contributed by atoms with Crippen LogP contribution in [0.4, 0.5) is 0 Å². The lowest BCUT2D eigenvalue weighted by Gasteiger charge is -2.44. The molecule has 0 nitrogen and oxygen atoms in total. The van der Waals surface area contributed by atoms with Crippen molar-refractivity contribution >= 4 is 58.6 Å². The second kappa shape index (κ2) is 6.66. The van der Waals surface area contributed by atoms with Crippen molar-refractivity contribution in [2.45, 2.75) is 33.1 Å². The lowest BCUT2D eigenvalue weighted by Crippen LogP contribution is -2.45. The molecule has 2 aromatic carbocycles. The molecule has 2 aromatic rings. The summed E-state index contributed by atoms with van der Waals surface area (Å²) in [5.41, 5.74) is 5.29. The van der Waals surface area contributed by atoms with E-state index >= 15 is 0 Å². The van der Waals surface area contributed by atoms with Crippen LogP contribution in [0.3, 0.4) is 0 Å². The van der Waals surface area contributed by atoms with Crippen molar-refractivity contribution in [3.8, 4) is 0 Å². The molecule has 0 aromatic heterocycles. The first-order valence-electron chi connectivity index (χ1n) is 9.22. The third kappa shape index (κ3) is 2.80. The van der Waals surface area contributed by atoms with E-state index in [4.69, 9.17) is 0 Å². The summed E-state index contributed by atoms with van der Waals surface area (Å²) in [6.45, 7) is 4.78. The highest BCUT2D eigenvalue weighted by Crippen LogP contribution is 2.66. The fourth-order valence-corrected chi connectivity index (χ4v) is 7.67. The number of hydrogen-bond donors (Lipinski definition) is 2. The van der Waals surface area contributed by atoms with E-state index in [1.165, 1.54) is 32.1 Å². The van der Waals surface area contributed by atoms with Crippen LogP contribution >= 0.6 is 48.8 Å². The molecule has 2 aliphatic heterocycles. The first kappa shape index (κ1) is 18.8. The molecule has 4 heteroatoms. The topological polar surface area (TPSA) is 0 Å². The van der Waals surface area contributed by atoms with Crippen LogP contribution < -0.4 is 0 Å². The lowest BCUT2D eigenvalue weighted by atomic mass is 9.77. The van der Waals surface area contributed by atoms with Crippen LogP contribution in [0.2, 0.25) is 0 Å². The number of hydrogen-bond acceptors (Lipinski definition) is 4. The average Bonchev–Trinajstić information content (AvgIpc) is 3.20. The molecular weight excluding hydrogens is 417 g/mol. The molecule has 3 aliphatic rings. The number of rotatable bonds is 2. The third-order valence-corrected chi connectivity index (χ3v) is 9.85. The van der Waals surface area contributed by atoms with Crippen molar-refractivity contribution in [1.29, 1.82) is 0 Å². The number of allylic oxidation sites excluding steroid dienone is 4. The molecule has 140 valence electrons. The number of fused-ring (bicyclic) bond motifs is 3. The van der Waals surface area contributed by atoms with Gasteiger partial charge in [0.05, 0.1) is 9.49 Å². The van der Waals surface area contributed by atoms with Crippen molar-refractivity contribution < 1.29 is 0 Å². The average molecular weight is 437 g/mol. The zero-order valence-corrected chi connectivity index (χ0v) is 19.1. The molecule has 1 aliphatic carbocycles. The van der Waals surface area contributed by atoms with Crippen LogP contribution in [0.5, 0.6) is 0 Å². The van der Waals surface area contributed by atoms with Crippen LogP contribution in [0.25, 0.3) is 9.81 Å². The van der Waals surface area contributed by atoms with Crippen molar-refractivity contribution in [1.82, 2.24) is 0 Å². The van der Waals surface area contributed by atoms with Gasteiger partial charge in [0.2, 0.25) is 0 Å². The summed E-state index contributed by atoms with van der Waals surface area (Å²) < 4.78 is -0.0268. The van der Waals surface area contributed by atoms with Crippen LogP contribution in [-0.4, -0.2) is 9.49 Å². The van der Waals surface area contributed by atoms with Crippen molar-refractivity contribution in [3.63, 3.8) is 0 Å². The predicted octanol–water partition coefficient (Wildman–Crippen LogP) is 7.52. The summed E-state index contributed by atoms with van der Waals surface area (Å²) >= 11 is 13.0. The van der Waals surface area contributed by atoms with Gasteiger partial charge in [0.1, 0.15) is 0 Å². The molecular formula is C24H20S4. The smallest absolute Gasteiger partial charge is 0.0615 e. The van der Waals surface area contributed by atoms with Crippen molar-refractivity contribution in [2.75, 3.05) is 0 Å². The Morgan fingerprint density at radius 2 is 1.11 bits per heavy atom. The van der Waals surface area contributed by atoms with E-state index < -0.39 is 0 Å². The molecule has 0 radical (unpaired) electrons. The minimum Gasteiger partial charge on any atom is -0.143 e. The third-order valence-electron chi connectivity index (χ3n) is 5.92. The summed E-state index contributed by atoms with van der Waals surface area (Å²) in [6, 6.07) is 16.9. The standard InChI is InChI=1S/C24H20S4/c1-23-17(13-21(27-23)15-5-3-7-19(25)11-15)9-10-18-14-22(28-24(18,23)2)16-6-4-8-20(26)12-16/h3-14,25-26H,1-2H3. The minimum absolute atomic E-state index is 0.0134. The zero-order valence-electron chi connectivity index (χ0n) is 15.6. The van der Waals surface area contributed by atoms with E-state index in [1.807, 2.05) is 35.7 Å². The molecule has 0 saturated carbocycles. The van der Waals surface area contributed by atoms with Crippen LogP contribution in [0, 0.1) is 0 Å². The number of benzene rings is 2. The summed E-state index contributed by atoms with van der Waals surface area (Å²) in [5.74, 6) is 0. The maximum absolute atomic E-state index is 4.53. The Bertz CT molecular complexity index is 1030. The van der Waals surface area contributed by atoms with E-state index in [-0.39, 0.29) is 9.49 Å². The molecule has 5 rings (SSSR count). The van der Waals surface area contributed by atoms with Gasteiger partial charge in [0.25, 0.3) is 0 Å². The van der Waals surface area contributed by atoms with E-state index in [0.29, 0.717) is 0 Å². The van der Waals surface area contributed by atoms with E-state index in [2.05, 4.69) is 99.8 Å². The van der Waals surface area contributed by atoms with E-state index in [0.717, 1.165) is 9.79 Å². The Kier molecular flexibility index (Phi) is 4.48. The van der Waals surface area contributed by atoms with Gasteiger partial charge in [0, 0.05) is 19.6 Å². The first-order chi connectivity index (χ1) is 13.4. The van der Waals surface area contributed by atoms with E-state index in [9.17, 15) is 0 Å². The zero-order chi connectivity index (χ0) is 19.5. The molecule has 2 heterocycles. The highest BCUT2D eigenvalue weighted by molar-refractivity contribution is 8.14. The SMILES string of the molecule is CC12SC(c3cccc(S)c3)=CC1=CC=C1C=C(c3cccc(S)c3)SC12C. The molecule has 2 atom stereocenters. The fourth-order valence-electron chi connectivity index (χ4n) is 4.12. The van der Waals surface area contributed by atoms with E-state index in [1.54, 1.807) is 0 Å². The van der Waals surface area contributed by atoms with Gasteiger partial charge in [-0.3, -0.25) is 0 Å². The second-order valence-electron chi connectivity index (χ2n) is 7.63. The molecule has 0 spiro atoms. The number of thiol groups is 2. The van der Waals surface area contributed by atoms with Gasteiger partial charge in [-0.05, 0) is 72.5 Å². The Morgan fingerprint density at radius 3 is 1.50 bits per heavy atom. The Hall–Kier alpha value is -1.20. The highest BCUT2D eigenvalue weighted by atomic mass is 32.2. The monoisotopic (exact) mass is 436 g/mol. The second-order valence-corrected chi connectivity index (χ2v) is 11.6. The van der Waals surface area contributed by atoms with Gasteiger partial charge in [-0.1, -0.05) is 36.4 Å². The molecule has 0 N–H and O–H groups in total. The number of thioether (sulfide) groups is 2. The molecule has 0 fully saturated rings. The Labute approximate surface area is 186 Å². The largest absolute Gasteiger partial charge is 0.143 e. The summed E-state index contributed by atoms with van der Waals surface area (Å²) in [6.07, 6.45) is 9.32. The lowest BCUT2D eigenvalue weighted by molar-refractivity contribution is 0.620. The van der Waals surface area contributed by atoms with Crippen LogP contribution in [0.1, 0.15) is 25.0 Å². The Morgan fingerprint density at radius 1 is 0.679 bits per heavy atom. The summed E-state index contributed by atoms with van der Waals surface area (Å²) in [5, 5.41) is 0. The van der Waals surface area contributed by atoms with Crippen LogP contribution in [-0.2, 0) is 0 Å². The van der Waals surface area contributed by atoms with Gasteiger partial charge in [-0.25, -0.2) is 0 Å². The minimum atomic E-state index is -0.0134. The summed E-state index contributed by atoms with van der Waals surface area (Å²) in [4.78, 5) is 4.66. The van der Waals surface area contributed by atoms with Gasteiger partial charge >= 0.3 is 0 Å². The van der Waals surface area contributed by atoms with Gasteiger partial charge < -0.3 is 0 Å². The van der Waals surface area contributed by atoms with Crippen LogP contribution in [0.15, 0.2) is 93.8 Å². The molecule has 0 bridgehead atoms. The van der Waals surface area contributed by atoms with Gasteiger partial charge in [0.15, 0.2) is 0 Å². The quantitative estimate of drug-likeness (QED) is 0.467. The fraction of sp³-hybridized carbons (Fsp3) is 0.167. The highest BCUT2D eigenvalue weighted by Gasteiger charge is 2.56. The first-order valence-corrected chi connectivity index (χ1v) is 11.7.